The van der Waals surface area contributed by atoms with E-state index < -0.39 is 12.2 Å². The van der Waals surface area contributed by atoms with Gasteiger partial charge < -0.3 is 36.2 Å². The van der Waals surface area contributed by atoms with E-state index in [9.17, 15) is 10.2 Å². The number of ether oxygens (including phenoxy) is 1. The minimum atomic E-state index is -0.517. The van der Waals surface area contributed by atoms with Gasteiger partial charge in [0.15, 0.2) is 0 Å². The molecule has 2 fully saturated rings. The maximum Gasteiger partial charge on any atom is 0.0897 e. The van der Waals surface area contributed by atoms with E-state index in [0.29, 0.717) is 24.9 Å². The van der Waals surface area contributed by atoms with Crippen LogP contribution in [0.25, 0.3) is 0 Å². The summed E-state index contributed by atoms with van der Waals surface area (Å²) in [7, 11) is 0. The quantitative estimate of drug-likeness (QED) is 0.264. The van der Waals surface area contributed by atoms with Crippen LogP contribution in [0.5, 0.6) is 0 Å². The SMILES string of the molecule is OC(CNCC1CCNCC1)COCC(O)CNCC1CCNCC1. The van der Waals surface area contributed by atoms with Gasteiger partial charge in [-0.1, -0.05) is 0 Å². The highest BCUT2D eigenvalue weighted by Crippen LogP contribution is 2.10. The van der Waals surface area contributed by atoms with Gasteiger partial charge in [0.25, 0.3) is 0 Å². The highest BCUT2D eigenvalue weighted by Gasteiger charge is 2.15. The van der Waals surface area contributed by atoms with Gasteiger partial charge in [-0.15, -0.1) is 0 Å². The van der Waals surface area contributed by atoms with E-state index in [1.807, 2.05) is 0 Å². The van der Waals surface area contributed by atoms with Crippen LogP contribution in [0.15, 0.2) is 0 Å². The third kappa shape index (κ3) is 9.84. The molecule has 0 aromatic carbocycles. The first-order chi connectivity index (χ1) is 12.2. The lowest BCUT2D eigenvalue weighted by molar-refractivity contribution is -0.00677. The van der Waals surface area contributed by atoms with Gasteiger partial charge in [-0.3, -0.25) is 0 Å². The molecule has 6 N–H and O–H groups in total. The lowest BCUT2D eigenvalue weighted by atomic mass is 9.98. The van der Waals surface area contributed by atoms with Crippen LogP contribution in [0.4, 0.5) is 0 Å². The van der Waals surface area contributed by atoms with Gasteiger partial charge in [-0.25, -0.2) is 0 Å². The molecule has 0 aromatic heterocycles. The lowest BCUT2D eigenvalue weighted by Gasteiger charge is -2.24. The second-order valence-corrected chi connectivity index (χ2v) is 7.55. The largest absolute Gasteiger partial charge is 0.389 e. The minimum Gasteiger partial charge on any atom is -0.389 e. The highest BCUT2D eigenvalue weighted by molar-refractivity contribution is 4.72. The molecular weight excluding hydrogens is 320 g/mol. The Bertz CT molecular complexity index is 293. The molecule has 0 radical (unpaired) electrons. The van der Waals surface area contributed by atoms with Gasteiger partial charge in [0, 0.05) is 13.1 Å². The molecule has 0 saturated carbocycles. The molecular formula is C18H38N4O3. The van der Waals surface area contributed by atoms with E-state index in [-0.39, 0.29) is 13.2 Å². The van der Waals surface area contributed by atoms with Gasteiger partial charge in [0.05, 0.1) is 25.4 Å². The van der Waals surface area contributed by atoms with Crippen LogP contribution in [0.1, 0.15) is 25.7 Å². The Labute approximate surface area is 152 Å². The third-order valence-corrected chi connectivity index (χ3v) is 5.16. The van der Waals surface area contributed by atoms with Crippen LogP contribution in [0, 0.1) is 11.8 Å². The molecule has 0 amide bonds. The van der Waals surface area contributed by atoms with Crippen molar-refractivity contribution in [3.05, 3.63) is 0 Å². The van der Waals surface area contributed by atoms with E-state index in [1.54, 1.807) is 0 Å². The zero-order valence-corrected chi connectivity index (χ0v) is 15.5. The summed E-state index contributed by atoms with van der Waals surface area (Å²) >= 11 is 0. The van der Waals surface area contributed by atoms with Crippen molar-refractivity contribution in [1.29, 1.82) is 0 Å². The maximum absolute atomic E-state index is 9.93. The average Bonchev–Trinajstić information content (AvgIpc) is 2.63. The number of aliphatic hydroxyl groups excluding tert-OH is 2. The van der Waals surface area contributed by atoms with Crippen molar-refractivity contribution < 1.29 is 14.9 Å². The molecule has 148 valence electrons. The predicted octanol–water partition coefficient (Wildman–Crippen LogP) is -1.10. The van der Waals surface area contributed by atoms with Crippen molar-refractivity contribution in [1.82, 2.24) is 21.3 Å². The Morgan fingerprint density at radius 2 is 1.16 bits per heavy atom. The first-order valence-corrected chi connectivity index (χ1v) is 10.0. The average molecular weight is 359 g/mol. The van der Waals surface area contributed by atoms with Crippen molar-refractivity contribution in [2.24, 2.45) is 11.8 Å². The first-order valence-electron chi connectivity index (χ1n) is 10.0. The van der Waals surface area contributed by atoms with Crippen molar-refractivity contribution in [3.8, 4) is 0 Å². The Kier molecular flexibility index (Phi) is 10.9. The molecule has 25 heavy (non-hydrogen) atoms. The van der Waals surface area contributed by atoms with Crippen molar-refractivity contribution in [2.45, 2.75) is 37.9 Å². The summed E-state index contributed by atoms with van der Waals surface area (Å²) in [6.45, 7) is 7.95. The van der Waals surface area contributed by atoms with Gasteiger partial charge in [-0.2, -0.15) is 0 Å². The fourth-order valence-electron chi connectivity index (χ4n) is 3.54. The van der Waals surface area contributed by atoms with E-state index >= 15 is 0 Å². The minimum absolute atomic E-state index is 0.268. The monoisotopic (exact) mass is 358 g/mol. The predicted molar refractivity (Wildman–Crippen MR) is 99.8 cm³/mol. The number of nitrogens with one attached hydrogen (secondary N) is 4. The molecule has 2 rings (SSSR count). The number of hydrogen-bond donors (Lipinski definition) is 6. The lowest BCUT2D eigenvalue weighted by Crippen LogP contribution is -2.39. The van der Waals surface area contributed by atoms with Crippen LogP contribution < -0.4 is 21.3 Å². The maximum atomic E-state index is 9.93. The molecule has 2 aliphatic rings. The molecule has 2 saturated heterocycles. The fourth-order valence-corrected chi connectivity index (χ4v) is 3.54. The van der Waals surface area contributed by atoms with Gasteiger partial charge >= 0.3 is 0 Å². The van der Waals surface area contributed by atoms with E-state index in [1.165, 1.54) is 25.7 Å². The van der Waals surface area contributed by atoms with E-state index in [4.69, 9.17) is 4.74 Å². The third-order valence-electron chi connectivity index (χ3n) is 5.16. The fraction of sp³-hybridized carbons (Fsp3) is 1.00. The number of rotatable bonds is 12. The Morgan fingerprint density at radius 1 is 0.760 bits per heavy atom. The van der Waals surface area contributed by atoms with Crippen molar-refractivity contribution >= 4 is 0 Å². The van der Waals surface area contributed by atoms with Crippen LogP contribution in [0.2, 0.25) is 0 Å². The van der Waals surface area contributed by atoms with Gasteiger partial charge in [-0.05, 0) is 76.8 Å². The molecule has 2 aliphatic heterocycles. The van der Waals surface area contributed by atoms with E-state index in [2.05, 4.69) is 21.3 Å². The van der Waals surface area contributed by atoms with Crippen molar-refractivity contribution in [2.75, 3.05) is 65.6 Å². The smallest absolute Gasteiger partial charge is 0.0897 e. The van der Waals surface area contributed by atoms with Crippen LogP contribution in [-0.2, 0) is 4.74 Å². The molecule has 0 aromatic rings. The van der Waals surface area contributed by atoms with E-state index in [0.717, 1.165) is 39.3 Å². The highest BCUT2D eigenvalue weighted by atomic mass is 16.5. The zero-order chi connectivity index (χ0) is 17.7. The van der Waals surface area contributed by atoms with Gasteiger partial charge in [0.1, 0.15) is 0 Å². The van der Waals surface area contributed by atoms with Gasteiger partial charge in [0.2, 0.25) is 0 Å². The second-order valence-electron chi connectivity index (χ2n) is 7.55. The Balaban J connectivity index is 1.40. The van der Waals surface area contributed by atoms with Crippen LogP contribution >= 0.6 is 0 Å². The topological polar surface area (TPSA) is 97.8 Å². The summed E-state index contributed by atoms with van der Waals surface area (Å²) in [6, 6.07) is 0. The number of piperidine rings is 2. The molecule has 2 heterocycles. The van der Waals surface area contributed by atoms with Crippen LogP contribution in [-0.4, -0.2) is 88.0 Å². The second kappa shape index (κ2) is 13.0. The summed E-state index contributed by atoms with van der Waals surface area (Å²) in [6.07, 6.45) is 3.78. The molecule has 7 nitrogen and oxygen atoms in total. The standard InChI is InChI=1S/C18H38N4O3/c23-17(11-21-9-15-1-5-19-6-2-15)13-25-14-18(24)12-22-10-16-3-7-20-8-4-16/h15-24H,1-14H2. The zero-order valence-electron chi connectivity index (χ0n) is 15.5. The molecule has 7 heteroatoms. The molecule has 2 unspecified atom stereocenters. The Hall–Kier alpha value is -0.280. The first kappa shape index (κ1) is 21.0. The number of aliphatic hydroxyl groups is 2. The molecule has 2 atom stereocenters. The normalized spacial score (nSPS) is 22.8. The summed E-state index contributed by atoms with van der Waals surface area (Å²) in [5.41, 5.74) is 0. The van der Waals surface area contributed by atoms with Crippen molar-refractivity contribution in [3.63, 3.8) is 0 Å². The number of hydrogen-bond acceptors (Lipinski definition) is 7. The summed E-state index contributed by atoms with van der Waals surface area (Å²) in [5.74, 6) is 1.42. The summed E-state index contributed by atoms with van der Waals surface area (Å²) < 4.78 is 5.44. The summed E-state index contributed by atoms with van der Waals surface area (Å²) in [5, 5.41) is 33.2. The molecule has 0 bridgehead atoms. The summed E-state index contributed by atoms with van der Waals surface area (Å²) in [4.78, 5) is 0. The molecule has 0 spiro atoms. The molecule has 0 aliphatic carbocycles. The Morgan fingerprint density at radius 3 is 1.56 bits per heavy atom. The van der Waals surface area contributed by atoms with Crippen LogP contribution in [0.3, 0.4) is 0 Å².